The standard InChI is InChI=1S/C18H21ClF3N3O/c1-5-12(6-2)24-16-17(26-4)25-15(10(3)23-16)13-8-7-11(9-14(13)19)18(20,21)22/h7-9,12H,5-6H2,1-4H3,(H,23,24). The minimum absolute atomic E-state index is 0.0417. The van der Waals surface area contributed by atoms with Gasteiger partial charge in [0, 0.05) is 11.6 Å². The van der Waals surface area contributed by atoms with Crippen LogP contribution in [0.1, 0.15) is 37.9 Å². The lowest BCUT2D eigenvalue weighted by atomic mass is 10.1. The van der Waals surface area contributed by atoms with Crippen LogP contribution in [-0.4, -0.2) is 23.1 Å². The summed E-state index contributed by atoms with van der Waals surface area (Å²) in [6, 6.07) is 3.39. The second-order valence-corrected chi connectivity index (χ2v) is 6.27. The maximum Gasteiger partial charge on any atom is 0.416 e. The van der Waals surface area contributed by atoms with Crippen LogP contribution < -0.4 is 10.1 Å². The van der Waals surface area contributed by atoms with E-state index in [0.717, 1.165) is 25.0 Å². The largest absolute Gasteiger partial charge is 0.478 e. The number of benzene rings is 1. The van der Waals surface area contributed by atoms with Crippen molar-refractivity contribution in [3.63, 3.8) is 0 Å². The molecule has 0 amide bonds. The van der Waals surface area contributed by atoms with E-state index in [1.54, 1.807) is 6.92 Å². The van der Waals surface area contributed by atoms with Gasteiger partial charge in [-0.25, -0.2) is 9.97 Å². The quantitative estimate of drug-likeness (QED) is 0.687. The van der Waals surface area contributed by atoms with Crippen LogP contribution in [0.5, 0.6) is 5.88 Å². The monoisotopic (exact) mass is 387 g/mol. The summed E-state index contributed by atoms with van der Waals surface area (Å²) in [5, 5.41) is 3.24. The zero-order valence-corrected chi connectivity index (χ0v) is 15.8. The van der Waals surface area contributed by atoms with E-state index in [-0.39, 0.29) is 16.9 Å². The van der Waals surface area contributed by atoms with Crippen LogP contribution in [-0.2, 0) is 6.18 Å². The molecule has 0 fully saturated rings. The van der Waals surface area contributed by atoms with E-state index >= 15 is 0 Å². The lowest BCUT2D eigenvalue weighted by Gasteiger charge is -2.19. The SMILES string of the molecule is CCC(CC)Nc1nc(C)c(-c2ccc(C(F)(F)F)cc2Cl)nc1OC. The van der Waals surface area contributed by atoms with Gasteiger partial charge in [-0.2, -0.15) is 13.2 Å². The first kappa shape index (κ1) is 20.3. The average Bonchev–Trinajstić information content (AvgIpc) is 2.59. The van der Waals surface area contributed by atoms with Crippen molar-refractivity contribution in [2.24, 2.45) is 0 Å². The number of aryl methyl sites for hydroxylation is 1. The molecule has 0 saturated carbocycles. The Bertz CT molecular complexity index is 777. The lowest BCUT2D eigenvalue weighted by Crippen LogP contribution is -2.19. The molecule has 0 spiro atoms. The van der Waals surface area contributed by atoms with Gasteiger partial charge in [-0.1, -0.05) is 31.5 Å². The van der Waals surface area contributed by atoms with Gasteiger partial charge in [-0.3, -0.25) is 0 Å². The Morgan fingerprint density at radius 1 is 1.19 bits per heavy atom. The fraction of sp³-hybridized carbons (Fsp3) is 0.444. The van der Waals surface area contributed by atoms with Crippen LogP contribution in [0.25, 0.3) is 11.3 Å². The van der Waals surface area contributed by atoms with Crippen molar-refractivity contribution in [1.82, 2.24) is 9.97 Å². The number of nitrogens with zero attached hydrogens (tertiary/aromatic N) is 2. The van der Waals surface area contributed by atoms with E-state index in [2.05, 4.69) is 29.1 Å². The van der Waals surface area contributed by atoms with Gasteiger partial charge in [-0.05, 0) is 31.9 Å². The summed E-state index contributed by atoms with van der Waals surface area (Å²) in [7, 11) is 1.47. The number of rotatable bonds is 6. The zero-order chi connectivity index (χ0) is 19.5. The molecule has 1 N–H and O–H groups in total. The predicted octanol–water partition coefficient (Wildman–Crippen LogP) is 5.73. The lowest BCUT2D eigenvalue weighted by molar-refractivity contribution is -0.137. The molecule has 0 radical (unpaired) electrons. The molecule has 8 heteroatoms. The number of ether oxygens (including phenoxy) is 1. The summed E-state index contributed by atoms with van der Waals surface area (Å²) < 4.78 is 43.8. The molecule has 0 bridgehead atoms. The van der Waals surface area contributed by atoms with Gasteiger partial charge in [0.2, 0.25) is 0 Å². The highest BCUT2D eigenvalue weighted by molar-refractivity contribution is 6.33. The summed E-state index contributed by atoms with van der Waals surface area (Å²) in [4.78, 5) is 8.91. The predicted molar refractivity (Wildman–Crippen MR) is 96.8 cm³/mol. The average molecular weight is 388 g/mol. The number of methoxy groups -OCH3 is 1. The van der Waals surface area contributed by atoms with Crippen molar-refractivity contribution >= 4 is 17.4 Å². The number of anilines is 1. The Morgan fingerprint density at radius 3 is 2.35 bits per heavy atom. The number of nitrogens with one attached hydrogen (secondary N) is 1. The Hall–Kier alpha value is -2.02. The summed E-state index contributed by atoms with van der Waals surface area (Å²) in [5.41, 5.74) is 0.490. The minimum Gasteiger partial charge on any atom is -0.478 e. The molecule has 1 aromatic carbocycles. The van der Waals surface area contributed by atoms with Crippen LogP contribution >= 0.6 is 11.6 Å². The molecule has 2 aromatic rings. The first-order valence-electron chi connectivity index (χ1n) is 8.27. The Labute approximate surface area is 155 Å². The molecule has 0 aliphatic carbocycles. The van der Waals surface area contributed by atoms with Crippen LogP contribution in [0, 0.1) is 6.92 Å². The number of hydrogen-bond acceptors (Lipinski definition) is 4. The summed E-state index contributed by atoms with van der Waals surface area (Å²) in [6.07, 6.45) is -2.64. The van der Waals surface area contributed by atoms with Crippen LogP contribution in [0.15, 0.2) is 18.2 Å². The van der Waals surface area contributed by atoms with Gasteiger partial charge in [0.05, 0.1) is 29.1 Å². The second-order valence-electron chi connectivity index (χ2n) is 5.87. The fourth-order valence-electron chi connectivity index (χ4n) is 2.56. The van der Waals surface area contributed by atoms with Gasteiger partial charge in [0.25, 0.3) is 5.88 Å². The highest BCUT2D eigenvalue weighted by atomic mass is 35.5. The highest BCUT2D eigenvalue weighted by Crippen LogP contribution is 2.37. The van der Waals surface area contributed by atoms with E-state index in [1.165, 1.54) is 13.2 Å². The Balaban J connectivity index is 2.48. The maximum atomic E-state index is 12.8. The molecule has 0 unspecified atom stereocenters. The molecule has 0 aliphatic heterocycles. The van der Waals surface area contributed by atoms with Crippen LogP contribution in [0.4, 0.5) is 19.0 Å². The summed E-state index contributed by atoms with van der Waals surface area (Å²) >= 11 is 6.08. The molecular weight excluding hydrogens is 367 g/mol. The molecule has 142 valence electrons. The van der Waals surface area contributed by atoms with Crippen molar-refractivity contribution in [2.45, 2.75) is 45.8 Å². The third-order valence-electron chi connectivity index (χ3n) is 4.11. The summed E-state index contributed by atoms with van der Waals surface area (Å²) in [5.74, 6) is 0.777. The van der Waals surface area contributed by atoms with Crippen molar-refractivity contribution in [3.05, 3.63) is 34.5 Å². The first-order valence-corrected chi connectivity index (χ1v) is 8.65. The highest BCUT2D eigenvalue weighted by Gasteiger charge is 2.31. The van der Waals surface area contributed by atoms with E-state index in [0.29, 0.717) is 22.8 Å². The van der Waals surface area contributed by atoms with Gasteiger partial charge in [-0.15, -0.1) is 0 Å². The van der Waals surface area contributed by atoms with Gasteiger partial charge in [0.15, 0.2) is 5.82 Å². The Morgan fingerprint density at radius 2 is 1.85 bits per heavy atom. The van der Waals surface area contributed by atoms with Gasteiger partial charge < -0.3 is 10.1 Å². The van der Waals surface area contributed by atoms with E-state index < -0.39 is 11.7 Å². The number of alkyl halides is 3. The topological polar surface area (TPSA) is 47.0 Å². The summed E-state index contributed by atoms with van der Waals surface area (Å²) in [6.45, 7) is 5.85. The van der Waals surface area contributed by atoms with Crippen molar-refractivity contribution < 1.29 is 17.9 Å². The molecule has 0 saturated heterocycles. The third-order valence-corrected chi connectivity index (χ3v) is 4.42. The van der Waals surface area contributed by atoms with E-state index in [1.807, 2.05) is 0 Å². The Kier molecular flexibility index (Phi) is 6.34. The second kappa shape index (κ2) is 8.12. The minimum atomic E-state index is -4.45. The normalized spacial score (nSPS) is 11.7. The number of aromatic nitrogens is 2. The molecule has 1 heterocycles. The van der Waals surface area contributed by atoms with Crippen LogP contribution in [0.3, 0.4) is 0 Å². The maximum absolute atomic E-state index is 12.8. The smallest absolute Gasteiger partial charge is 0.416 e. The van der Waals surface area contributed by atoms with Gasteiger partial charge >= 0.3 is 6.18 Å². The molecular formula is C18H21ClF3N3O. The van der Waals surface area contributed by atoms with Crippen molar-refractivity contribution in [1.29, 1.82) is 0 Å². The molecule has 4 nitrogen and oxygen atoms in total. The number of halogens is 4. The molecule has 26 heavy (non-hydrogen) atoms. The van der Waals surface area contributed by atoms with Crippen LogP contribution in [0.2, 0.25) is 5.02 Å². The molecule has 0 aliphatic rings. The first-order chi connectivity index (χ1) is 12.2. The molecule has 0 atom stereocenters. The zero-order valence-electron chi connectivity index (χ0n) is 15.0. The van der Waals surface area contributed by atoms with E-state index in [9.17, 15) is 13.2 Å². The van der Waals surface area contributed by atoms with E-state index in [4.69, 9.17) is 16.3 Å². The van der Waals surface area contributed by atoms with Crippen molar-refractivity contribution in [2.75, 3.05) is 12.4 Å². The molecule has 2 rings (SSSR count). The fourth-order valence-corrected chi connectivity index (χ4v) is 2.83. The number of hydrogen-bond donors (Lipinski definition) is 1. The van der Waals surface area contributed by atoms with Crippen molar-refractivity contribution in [3.8, 4) is 17.1 Å². The molecule has 1 aromatic heterocycles. The third kappa shape index (κ3) is 4.38. The van der Waals surface area contributed by atoms with Gasteiger partial charge in [0.1, 0.15) is 0 Å².